The van der Waals surface area contributed by atoms with Gasteiger partial charge in [0.05, 0.1) is 4.90 Å². The molecule has 0 atom stereocenters. The standard InChI is InChI=1S/C16H26N2O2S/c1-16(2,17)12-18-21(19,20)15-10-8-14(9-11-15)13-6-4-3-5-7-13/h8-11,13,18H,3-7,12,17H2,1-2H3. The normalized spacial score (nSPS) is 17.9. The number of nitrogens with two attached hydrogens (primary N) is 1. The van der Waals surface area contributed by atoms with Gasteiger partial charge in [-0.05, 0) is 50.3 Å². The lowest BCUT2D eigenvalue weighted by molar-refractivity contribution is 0.443. The summed E-state index contributed by atoms with van der Waals surface area (Å²) in [6.45, 7) is 3.81. The van der Waals surface area contributed by atoms with Gasteiger partial charge in [0.25, 0.3) is 0 Å². The van der Waals surface area contributed by atoms with Crippen LogP contribution in [0.4, 0.5) is 0 Å². The van der Waals surface area contributed by atoms with Crippen LogP contribution in [0.1, 0.15) is 57.4 Å². The van der Waals surface area contributed by atoms with Crippen molar-refractivity contribution in [1.82, 2.24) is 4.72 Å². The second-order valence-electron chi connectivity index (χ2n) is 6.72. The van der Waals surface area contributed by atoms with Crippen molar-refractivity contribution in [2.24, 2.45) is 5.73 Å². The Balaban J connectivity index is 2.07. The van der Waals surface area contributed by atoms with Crippen molar-refractivity contribution >= 4 is 10.0 Å². The first kappa shape index (κ1) is 16.5. The molecule has 1 aliphatic carbocycles. The molecule has 0 spiro atoms. The monoisotopic (exact) mass is 310 g/mol. The summed E-state index contributed by atoms with van der Waals surface area (Å²) in [5.41, 5.74) is 6.51. The minimum Gasteiger partial charge on any atom is -0.324 e. The molecule has 0 saturated heterocycles. The van der Waals surface area contributed by atoms with Gasteiger partial charge in [-0.1, -0.05) is 31.4 Å². The maximum atomic E-state index is 12.2. The summed E-state index contributed by atoms with van der Waals surface area (Å²) in [6.07, 6.45) is 6.30. The third-order valence-electron chi connectivity index (χ3n) is 3.98. The van der Waals surface area contributed by atoms with Crippen LogP contribution in [0.15, 0.2) is 29.2 Å². The van der Waals surface area contributed by atoms with Crippen molar-refractivity contribution in [3.05, 3.63) is 29.8 Å². The Bertz CT molecular complexity index is 553. The number of rotatable bonds is 5. The van der Waals surface area contributed by atoms with E-state index >= 15 is 0 Å². The van der Waals surface area contributed by atoms with Crippen molar-refractivity contribution in [3.8, 4) is 0 Å². The van der Waals surface area contributed by atoms with E-state index in [0.717, 1.165) is 0 Å². The Kier molecular flexibility index (Phi) is 5.07. The highest BCUT2D eigenvalue weighted by molar-refractivity contribution is 7.89. The lowest BCUT2D eigenvalue weighted by Gasteiger charge is -2.22. The fraction of sp³-hybridized carbons (Fsp3) is 0.625. The predicted molar refractivity (Wildman–Crippen MR) is 85.7 cm³/mol. The largest absolute Gasteiger partial charge is 0.324 e. The summed E-state index contributed by atoms with van der Waals surface area (Å²) in [5.74, 6) is 0.589. The van der Waals surface area contributed by atoms with Gasteiger partial charge in [0.15, 0.2) is 0 Å². The highest BCUT2D eigenvalue weighted by Crippen LogP contribution is 2.32. The Labute approximate surface area is 128 Å². The van der Waals surface area contributed by atoms with Gasteiger partial charge >= 0.3 is 0 Å². The van der Waals surface area contributed by atoms with E-state index in [1.165, 1.54) is 37.7 Å². The molecule has 118 valence electrons. The molecule has 1 aliphatic rings. The minimum absolute atomic E-state index is 0.222. The lowest BCUT2D eigenvalue weighted by Crippen LogP contribution is -2.45. The van der Waals surface area contributed by atoms with Crippen LogP contribution in [0.25, 0.3) is 0 Å². The van der Waals surface area contributed by atoms with Crippen LogP contribution in [0.5, 0.6) is 0 Å². The van der Waals surface area contributed by atoms with Crippen LogP contribution in [0, 0.1) is 0 Å². The summed E-state index contributed by atoms with van der Waals surface area (Å²) in [7, 11) is -3.47. The van der Waals surface area contributed by atoms with Gasteiger partial charge in [0.2, 0.25) is 10.0 Å². The molecule has 4 nitrogen and oxygen atoms in total. The molecular formula is C16H26N2O2S. The smallest absolute Gasteiger partial charge is 0.240 e. The van der Waals surface area contributed by atoms with Gasteiger partial charge in [-0.2, -0.15) is 0 Å². The molecule has 2 rings (SSSR count). The zero-order valence-corrected chi connectivity index (χ0v) is 13.7. The van der Waals surface area contributed by atoms with Crippen molar-refractivity contribution in [1.29, 1.82) is 0 Å². The molecule has 0 aromatic heterocycles. The topological polar surface area (TPSA) is 72.2 Å². The van der Waals surface area contributed by atoms with E-state index in [-0.39, 0.29) is 6.54 Å². The number of hydrogen-bond acceptors (Lipinski definition) is 3. The fourth-order valence-electron chi connectivity index (χ4n) is 2.72. The second-order valence-corrected chi connectivity index (χ2v) is 8.48. The molecule has 1 aromatic carbocycles. The van der Waals surface area contributed by atoms with Crippen LogP contribution in [0.3, 0.4) is 0 Å². The molecule has 0 bridgehead atoms. The molecule has 21 heavy (non-hydrogen) atoms. The van der Waals surface area contributed by atoms with Crippen molar-refractivity contribution in [2.45, 2.75) is 62.3 Å². The maximum Gasteiger partial charge on any atom is 0.240 e. The van der Waals surface area contributed by atoms with E-state index in [2.05, 4.69) is 4.72 Å². The summed E-state index contributed by atoms with van der Waals surface area (Å²) >= 11 is 0. The number of sulfonamides is 1. The van der Waals surface area contributed by atoms with Crippen LogP contribution in [-0.4, -0.2) is 20.5 Å². The van der Waals surface area contributed by atoms with Gasteiger partial charge in [-0.3, -0.25) is 0 Å². The molecule has 0 heterocycles. The van der Waals surface area contributed by atoms with E-state index in [4.69, 9.17) is 5.73 Å². The first-order chi connectivity index (χ1) is 9.78. The molecule has 0 aliphatic heterocycles. The van der Waals surface area contributed by atoms with Crippen molar-refractivity contribution in [2.75, 3.05) is 6.54 Å². The van der Waals surface area contributed by atoms with Crippen molar-refractivity contribution in [3.63, 3.8) is 0 Å². The number of benzene rings is 1. The Morgan fingerprint density at radius 2 is 1.71 bits per heavy atom. The van der Waals surface area contributed by atoms with Gasteiger partial charge in [-0.25, -0.2) is 13.1 Å². The van der Waals surface area contributed by atoms with E-state index in [0.29, 0.717) is 10.8 Å². The third-order valence-corrected chi connectivity index (χ3v) is 5.40. The summed E-state index contributed by atoms with van der Waals surface area (Å²) < 4.78 is 27.0. The zero-order chi connectivity index (χ0) is 15.5. The molecule has 0 unspecified atom stereocenters. The first-order valence-electron chi connectivity index (χ1n) is 7.66. The van der Waals surface area contributed by atoms with Gasteiger partial charge in [0, 0.05) is 12.1 Å². The van der Waals surface area contributed by atoms with Crippen LogP contribution >= 0.6 is 0 Å². The average Bonchev–Trinajstić information content (AvgIpc) is 2.46. The first-order valence-corrected chi connectivity index (χ1v) is 9.15. The van der Waals surface area contributed by atoms with Crippen molar-refractivity contribution < 1.29 is 8.42 Å². The van der Waals surface area contributed by atoms with Gasteiger partial charge in [0.1, 0.15) is 0 Å². The van der Waals surface area contributed by atoms with Gasteiger partial charge in [-0.15, -0.1) is 0 Å². The summed E-state index contributed by atoms with van der Waals surface area (Å²) in [6, 6.07) is 7.32. The number of nitrogens with one attached hydrogen (secondary N) is 1. The van der Waals surface area contributed by atoms with E-state index < -0.39 is 15.6 Å². The fourth-order valence-corrected chi connectivity index (χ4v) is 3.94. The minimum atomic E-state index is -3.47. The quantitative estimate of drug-likeness (QED) is 0.878. The molecule has 0 radical (unpaired) electrons. The van der Waals surface area contributed by atoms with E-state index in [9.17, 15) is 8.42 Å². The third kappa shape index (κ3) is 4.80. The molecule has 1 aromatic rings. The Hall–Kier alpha value is -0.910. The average molecular weight is 310 g/mol. The molecule has 1 saturated carbocycles. The summed E-state index contributed by atoms with van der Waals surface area (Å²) in [4.78, 5) is 0.311. The summed E-state index contributed by atoms with van der Waals surface area (Å²) in [5, 5.41) is 0. The Morgan fingerprint density at radius 1 is 1.14 bits per heavy atom. The molecule has 1 fully saturated rings. The van der Waals surface area contributed by atoms with E-state index in [1.54, 1.807) is 26.0 Å². The van der Waals surface area contributed by atoms with E-state index in [1.807, 2.05) is 12.1 Å². The predicted octanol–water partition coefficient (Wildman–Crippen LogP) is 2.75. The molecule has 5 heteroatoms. The Morgan fingerprint density at radius 3 is 2.24 bits per heavy atom. The highest BCUT2D eigenvalue weighted by atomic mass is 32.2. The zero-order valence-electron chi connectivity index (χ0n) is 12.9. The second kappa shape index (κ2) is 6.46. The molecule has 0 amide bonds. The van der Waals surface area contributed by atoms with Crippen LogP contribution in [-0.2, 0) is 10.0 Å². The molecule has 3 N–H and O–H groups in total. The highest BCUT2D eigenvalue weighted by Gasteiger charge is 2.20. The van der Waals surface area contributed by atoms with Crippen LogP contribution in [0.2, 0.25) is 0 Å². The maximum absolute atomic E-state index is 12.2. The van der Waals surface area contributed by atoms with Crippen LogP contribution < -0.4 is 10.5 Å². The lowest BCUT2D eigenvalue weighted by atomic mass is 9.84. The number of hydrogen-bond donors (Lipinski definition) is 2. The molecular weight excluding hydrogens is 284 g/mol. The SMILES string of the molecule is CC(C)(N)CNS(=O)(=O)c1ccc(C2CCCCC2)cc1. The van der Waals surface area contributed by atoms with Gasteiger partial charge < -0.3 is 5.73 Å².